The van der Waals surface area contributed by atoms with Gasteiger partial charge >= 0.3 is 0 Å². The summed E-state index contributed by atoms with van der Waals surface area (Å²) >= 11 is 0. The Kier molecular flexibility index (Phi) is 5.01. The summed E-state index contributed by atoms with van der Waals surface area (Å²) in [5.41, 5.74) is 12.5. The first-order valence-corrected chi connectivity index (χ1v) is 6.47. The maximum Gasteiger partial charge on any atom is 0.0428 e. The van der Waals surface area contributed by atoms with E-state index in [1.807, 2.05) is 0 Å². The van der Waals surface area contributed by atoms with E-state index in [2.05, 4.69) is 45.7 Å². The summed E-state index contributed by atoms with van der Waals surface area (Å²) in [5.74, 6) is 0. The number of nitrogens with two attached hydrogens (primary N) is 1. The molecule has 0 aliphatic rings. The van der Waals surface area contributed by atoms with E-state index in [-0.39, 0.29) is 0 Å². The van der Waals surface area contributed by atoms with E-state index in [1.165, 1.54) is 34.4 Å². The lowest BCUT2D eigenvalue weighted by Crippen LogP contribution is -2.22. The molecule has 1 aromatic rings. The van der Waals surface area contributed by atoms with Crippen LogP contribution in [0.5, 0.6) is 0 Å². The highest BCUT2D eigenvalue weighted by molar-refractivity contribution is 5.63. The molecule has 0 saturated heterocycles. The van der Waals surface area contributed by atoms with Gasteiger partial charge in [0.2, 0.25) is 0 Å². The number of hydrogen-bond donors (Lipinski definition) is 1. The van der Waals surface area contributed by atoms with Crippen LogP contribution in [-0.4, -0.2) is 20.1 Å². The van der Waals surface area contributed by atoms with Crippen molar-refractivity contribution >= 4 is 5.69 Å². The van der Waals surface area contributed by atoms with Gasteiger partial charge < -0.3 is 10.6 Å². The van der Waals surface area contributed by atoms with Crippen LogP contribution in [0.4, 0.5) is 5.69 Å². The molecule has 96 valence electrons. The summed E-state index contributed by atoms with van der Waals surface area (Å²) in [6.07, 6.45) is 2.27. The molecular formula is C15H26N2. The second kappa shape index (κ2) is 6.06. The van der Waals surface area contributed by atoms with Gasteiger partial charge in [-0.2, -0.15) is 0 Å². The Balaban J connectivity index is 2.95. The summed E-state index contributed by atoms with van der Waals surface area (Å²) in [5, 5.41) is 0. The Morgan fingerprint density at radius 2 is 1.53 bits per heavy atom. The van der Waals surface area contributed by atoms with E-state index in [9.17, 15) is 0 Å². The van der Waals surface area contributed by atoms with Gasteiger partial charge in [-0.15, -0.1) is 0 Å². The Bertz CT molecular complexity index is 357. The monoisotopic (exact) mass is 234 g/mol. The van der Waals surface area contributed by atoms with E-state index in [4.69, 9.17) is 5.73 Å². The Morgan fingerprint density at radius 1 is 1.00 bits per heavy atom. The van der Waals surface area contributed by atoms with Gasteiger partial charge in [-0.1, -0.05) is 6.07 Å². The molecule has 0 radical (unpaired) electrons. The van der Waals surface area contributed by atoms with Crippen molar-refractivity contribution in [2.75, 3.05) is 25.0 Å². The van der Waals surface area contributed by atoms with E-state index >= 15 is 0 Å². The van der Waals surface area contributed by atoms with Gasteiger partial charge in [0, 0.05) is 19.3 Å². The molecule has 0 fully saturated rings. The Hall–Kier alpha value is -1.02. The van der Waals surface area contributed by atoms with Crippen LogP contribution < -0.4 is 10.6 Å². The zero-order valence-electron chi connectivity index (χ0n) is 11.9. The molecule has 1 rings (SSSR count). The summed E-state index contributed by atoms with van der Waals surface area (Å²) < 4.78 is 0. The molecule has 0 saturated carbocycles. The maximum absolute atomic E-state index is 5.54. The lowest BCUT2D eigenvalue weighted by Gasteiger charge is -2.26. The van der Waals surface area contributed by atoms with Gasteiger partial charge in [-0.3, -0.25) is 0 Å². The number of nitrogens with zero attached hydrogens (tertiary/aromatic N) is 1. The molecule has 17 heavy (non-hydrogen) atoms. The number of unbranched alkanes of at least 4 members (excludes halogenated alkanes) is 1. The Labute approximate surface area is 106 Å². The average molecular weight is 234 g/mol. The molecule has 2 N–H and O–H groups in total. The van der Waals surface area contributed by atoms with Crippen molar-refractivity contribution in [2.24, 2.45) is 5.73 Å². The van der Waals surface area contributed by atoms with Crippen molar-refractivity contribution in [3.63, 3.8) is 0 Å². The van der Waals surface area contributed by atoms with Crippen molar-refractivity contribution < 1.29 is 0 Å². The minimum atomic E-state index is 0.790. The normalized spacial score (nSPS) is 10.7. The number of anilines is 1. The third kappa shape index (κ3) is 3.22. The zero-order chi connectivity index (χ0) is 13.0. The fraction of sp³-hybridized carbons (Fsp3) is 0.600. The molecule has 2 nitrogen and oxygen atoms in total. The van der Waals surface area contributed by atoms with E-state index in [1.54, 1.807) is 0 Å². The van der Waals surface area contributed by atoms with Crippen molar-refractivity contribution in [2.45, 2.75) is 40.5 Å². The summed E-state index contributed by atoms with van der Waals surface area (Å²) in [6, 6.07) is 2.28. The minimum Gasteiger partial charge on any atom is -0.374 e. The van der Waals surface area contributed by atoms with Crippen LogP contribution in [0, 0.1) is 27.7 Å². The molecule has 0 unspecified atom stereocenters. The van der Waals surface area contributed by atoms with E-state index < -0.39 is 0 Å². The van der Waals surface area contributed by atoms with Crippen molar-refractivity contribution in [3.05, 3.63) is 28.3 Å². The third-order valence-corrected chi connectivity index (χ3v) is 3.66. The van der Waals surface area contributed by atoms with Crippen LogP contribution in [0.25, 0.3) is 0 Å². The lowest BCUT2D eigenvalue weighted by molar-refractivity contribution is 0.726. The van der Waals surface area contributed by atoms with Gasteiger partial charge in [0.1, 0.15) is 0 Å². The van der Waals surface area contributed by atoms with Crippen LogP contribution in [0.1, 0.15) is 35.1 Å². The second-order valence-corrected chi connectivity index (χ2v) is 5.03. The molecule has 0 aliphatic carbocycles. The van der Waals surface area contributed by atoms with E-state index in [0.717, 1.165) is 19.5 Å². The number of benzene rings is 1. The van der Waals surface area contributed by atoms with Gasteiger partial charge in [0.05, 0.1) is 0 Å². The molecule has 1 aromatic carbocycles. The first-order chi connectivity index (χ1) is 7.99. The predicted molar refractivity (Wildman–Crippen MR) is 76.9 cm³/mol. The highest BCUT2D eigenvalue weighted by Gasteiger charge is 2.11. The molecular weight excluding hydrogens is 208 g/mol. The van der Waals surface area contributed by atoms with Crippen molar-refractivity contribution in [3.8, 4) is 0 Å². The highest BCUT2D eigenvalue weighted by Crippen LogP contribution is 2.29. The van der Waals surface area contributed by atoms with Crippen LogP contribution in [0.3, 0.4) is 0 Å². The Morgan fingerprint density at radius 3 is 2.00 bits per heavy atom. The summed E-state index contributed by atoms with van der Waals surface area (Å²) in [7, 11) is 2.19. The van der Waals surface area contributed by atoms with Crippen LogP contribution in [-0.2, 0) is 0 Å². The molecule has 0 aromatic heterocycles. The van der Waals surface area contributed by atoms with Crippen LogP contribution in [0.2, 0.25) is 0 Å². The molecule has 0 bridgehead atoms. The summed E-state index contributed by atoms with van der Waals surface area (Å²) in [4.78, 5) is 2.38. The molecule has 2 heteroatoms. The standard InChI is InChI=1S/C15H26N2/c1-11-10-12(2)14(4)15(13(11)3)17(5)9-7-6-8-16/h10H,6-9,16H2,1-5H3. The van der Waals surface area contributed by atoms with Gasteiger partial charge in [0.25, 0.3) is 0 Å². The highest BCUT2D eigenvalue weighted by atomic mass is 15.1. The molecule has 0 amide bonds. The average Bonchev–Trinajstić information content (AvgIpc) is 2.27. The third-order valence-electron chi connectivity index (χ3n) is 3.66. The van der Waals surface area contributed by atoms with Crippen molar-refractivity contribution in [1.29, 1.82) is 0 Å². The van der Waals surface area contributed by atoms with Crippen LogP contribution >= 0.6 is 0 Å². The van der Waals surface area contributed by atoms with Crippen LogP contribution in [0.15, 0.2) is 6.07 Å². The smallest absolute Gasteiger partial charge is 0.0428 e. The summed E-state index contributed by atoms with van der Waals surface area (Å²) in [6.45, 7) is 10.7. The quantitative estimate of drug-likeness (QED) is 0.793. The first-order valence-electron chi connectivity index (χ1n) is 6.47. The molecule has 0 spiro atoms. The minimum absolute atomic E-state index is 0.790. The number of aryl methyl sites for hydroxylation is 2. The molecule has 0 heterocycles. The lowest BCUT2D eigenvalue weighted by atomic mass is 9.98. The van der Waals surface area contributed by atoms with Gasteiger partial charge in [-0.05, 0) is 69.3 Å². The van der Waals surface area contributed by atoms with Gasteiger partial charge in [0.15, 0.2) is 0 Å². The fourth-order valence-electron chi connectivity index (χ4n) is 2.37. The zero-order valence-corrected chi connectivity index (χ0v) is 11.9. The largest absolute Gasteiger partial charge is 0.374 e. The SMILES string of the molecule is Cc1cc(C)c(C)c(N(C)CCCCN)c1C. The molecule has 0 atom stereocenters. The predicted octanol–water partition coefficient (Wildman–Crippen LogP) is 3.10. The number of hydrogen-bond acceptors (Lipinski definition) is 2. The fourth-order valence-corrected chi connectivity index (χ4v) is 2.37. The first kappa shape index (κ1) is 14.0. The number of rotatable bonds is 5. The molecule has 0 aliphatic heterocycles. The van der Waals surface area contributed by atoms with Crippen molar-refractivity contribution in [1.82, 2.24) is 0 Å². The van der Waals surface area contributed by atoms with E-state index in [0.29, 0.717) is 0 Å². The second-order valence-electron chi connectivity index (χ2n) is 5.03. The maximum atomic E-state index is 5.54. The van der Waals surface area contributed by atoms with Gasteiger partial charge in [-0.25, -0.2) is 0 Å². The topological polar surface area (TPSA) is 29.3 Å².